The zero-order valence-electron chi connectivity index (χ0n) is 15.5. The molecule has 4 rings (SSSR count). The number of nitrogens with two attached hydrogens (primary N) is 2. The van der Waals surface area contributed by atoms with Gasteiger partial charge in [0.1, 0.15) is 0 Å². The molecule has 2 aromatic carbocycles. The van der Waals surface area contributed by atoms with E-state index >= 15 is 0 Å². The summed E-state index contributed by atoms with van der Waals surface area (Å²) < 4.78 is 1.98. The van der Waals surface area contributed by atoms with E-state index in [9.17, 15) is 4.79 Å². The van der Waals surface area contributed by atoms with Crippen LogP contribution in [-0.2, 0) is 0 Å². The van der Waals surface area contributed by atoms with Gasteiger partial charge in [0.2, 0.25) is 5.91 Å². The summed E-state index contributed by atoms with van der Waals surface area (Å²) in [5, 5.41) is 1.27. The lowest BCUT2D eigenvalue weighted by molar-refractivity contribution is 0.100. The van der Waals surface area contributed by atoms with Gasteiger partial charge >= 0.3 is 0 Å². The number of amides is 1. The minimum atomic E-state index is -0.482. The number of nitrogen functional groups attached to an aromatic ring is 1. The number of primary amides is 1. The molecule has 29 heavy (non-hydrogen) atoms. The number of carbonyl (C=O) groups excluding carboxylic acids is 1. The summed E-state index contributed by atoms with van der Waals surface area (Å²) in [5.74, 6) is -0.482. The van der Waals surface area contributed by atoms with E-state index in [1.165, 1.54) is 6.20 Å². The average molecular weight is 402 g/mol. The number of fused-ring (bicyclic) bond motifs is 1. The van der Waals surface area contributed by atoms with E-state index in [1.807, 2.05) is 42.0 Å². The molecule has 7 heteroatoms. The highest BCUT2D eigenvalue weighted by atomic mass is 35.5. The van der Waals surface area contributed by atoms with Gasteiger partial charge in [-0.2, -0.15) is 0 Å². The molecule has 0 unspecified atom stereocenters. The second kappa shape index (κ2) is 6.97. The van der Waals surface area contributed by atoms with Crippen LogP contribution in [0.4, 0.5) is 11.4 Å². The number of carbonyl (C=O) groups is 1. The maximum absolute atomic E-state index is 11.4. The van der Waals surface area contributed by atoms with Crippen molar-refractivity contribution in [2.75, 3.05) is 5.73 Å². The lowest BCUT2D eigenvalue weighted by Crippen LogP contribution is -2.10. The Morgan fingerprint density at radius 1 is 1.17 bits per heavy atom. The minimum absolute atomic E-state index is 0.383. The molecule has 0 atom stereocenters. The minimum Gasteiger partial charge on any atom is -0.396 e. The third-order valence-corrected chi connectivity index (χ3v) is 5.29. The third kappa shape index (κ3) is 3.08. The van der Waals surface area contributed by atoms with Crippen LogP contribution in [0, 0.1) is 13.5 Å². The second-order valence-electron chi connectivity index (χ2n) is 6.68. The fourth-order valence-electron chi connectivity index (χ4n) is 3.35. The molecular weight excluding hydrogens is 386 g/mol. The van der Waals surface area contributed by atoms with Crippen LogP contribution in [0.25, 0.3) is 32.6 Å². The van der Waals surface area contributed by atoms with Crippen molar-refractivity contribution in [2.45, 2.75) is 6.92 Å². The number of halogens is 1. The molecule has 2 aromatic heterocycles. The van der Waals surface area contributed by atoms with Gasteiger partial charge in [0, 0.05) is 34.8 Å². The Balaban J connectivity index is 2.03. The Bertz CT molecular complexity index is 1320. The maximum atomic E-state index is 11.4. The van der Waals surface area contributed by atoms with Gasteiger partial charge in [0.25, 0.3) is 0 Å². The largest absolute Gasteiger partial charge is 0.396 e. The molecule has 0 aliphatic carbocycles. The molecule has 0 saturated heterocycles. The number of hydrogen-bond acceptors (Lipinski definition) is 3. The molecule has 4 aromatic rings. The van der Waals surface area contributed by atoms with Crippen LogP contribution in [0.5, 0.6) is 0 Å². The predicted octanol–water partition coefficient (Wildman–Crippen LogP) is 4.89. The van der Waals surface area contributed by atoms with Gasteiger partial charge in [-0.05, 0) is 54.3 Å². The number of pyridine rings is 1. The molecular formula is C22H16ClN5O. The van der Waals surface area contributed by atoms with Gasteiger partial charge in [-0.3, -0.25) is 9.78 Å². The molecule has 0 bridgehead atoms. The fraction of sp³-hybridized carbons (Fsp3) is 0.0455. The lowest BCUT2D eigenvalue weighted by atomic mass is 10.0. The van der Waals surface area contributed by atoms with Gasteiger partial charge in [-0.15, -0.1) is 0 Å². The Morgan fingerprint density at radius 3 is 2.55 bits per heavy atom. The zero-order chi connectivity index (χ0) is 20.7. The van der Waals surface area contributed by atoms with Crippen LogP contribution in [0.2, 0.25) is 5.02 Å². The summed E-state index contributed by atoms with van der Waals surface area (Å²) in [6.07, 6.45) is 5.09. The molecule has 0 spiro atoms. The van der Waals surface area contributed by atoms with Crippen molar-refractivity contribution in [2.24, 2.45) is 5.73 Å². The zero-order valence-corrected chi connectivity index (χ0v) is 16.2. The molecule has 6 nitrogen and oxygen atoms in total. The fourth-order valence-corrected chi connectivity index (χ4v) is 3.55. The van der Waals surface area contributed by atoms with Crippen LogP contribution >= 0.6 is 11.6 Å². The van der Waals surface area contributed by atoms with Crippen molar-refractivity contribution < 1.29 is 4.79 Å². The average Bonchev–Trinajstić information content (AvgIpc) is 3.07. The quantitative estimate of drug-likeness (QED) is 0.479. The first-order valence-electron chi connectivity index (χ1n) is 8.73. The summed E-state index contributed by atoms with van der Waals surface area (Å²) in [5.41, 5.74) is 16.8. The van der Waals surface area contributed by atoms with Crippen molar-refractivity contribution in [1.29, 1.82) is 0 Å². The first kappa shape index (κ1) is 18.5. The topological polar surface area (TPSA) is 91.3 Å². The van der Waals surface area contributed by atoms with Crippen LogP contribution < -0.4 is 11.5 Å². The van der Waals surface area contributed by atoms with Gasteiger partial charge in [0.05, 0.1) is 29.0 Å². The van der Waals surface area contributed by atoms with E-state index in [0.29, 0.717) is 27.5 Å². The number of rotatable bonds is 3. The van der Waals surface area contributed by atoms with E-state index < -0.39 is 5.91 Å². The Labute approximate surface area is 172 Å². The summed E-state index contributed by atoms with van der Waals surface area (Å²) in [4.78, 5) is 19.2. The molecule has 4 N–H and O–H groups in total. The van der Waals surface area contributed by atoms with Crippen LogP contribution in [-0.4, -0.2) is 15.5 Å². The SMILES string of the molecule is [C-]#[N+]c1cc2c(-c3cncc(N)c3Cl)cn(-c3ccc(C(N)=O)cc3)c2cc1C. The highest BCUT2D eigenvalue weighted by molar-refractivity contribution is 6.36. The van der Waals surface area contributed by atoms with Crippen LogP contribution in [0.15, 0.2) is 55.0 Å². The van der Waals surface area contributed by atoms with E-state index in [1.54, 1.807) is 18.3 Å². The second-order valence-corrected chi connectivity index (χ2v) is 7.06. The normalized spacial score (nSPS) is 10.8. The number of anilines is 1. The van der Waals surface area contributed by atoms with Crippen molar-refractivity contribution in [3.8, 4) is 16.8 Å². The summed E-state index contributed by atoms with van der Waals surface area (Å²) in [6, 6.07) is 10.8. The number of aromatic nitrogens is 2. The van der Waals surface area contributed by atoms with E-state index in [2.05, 4.69) is 9.83 Å². The Kier molecular flexibility index (Phi) is 4.45. The summed E-state index contributed by atoms with van der Waals surface area (Å²) >= 11 is 6.46. The van der Waals surface area contributed by atoms with E-state index in [4.69, 9.17) is 29.6 Å². The van der Waals surface area contributed by atoms with Gasteiger partial charge in [-0.1, -0.05) is 11.6 Å². The van der Waals surface area contributed by atoms with Gasteiger partial charge in [-0.25, -0.2) is 4.85 Å². The molecule has 0 aliphatic rings. The van der Waals surface area contributed by atoms with Gasteiger partial charge < -0.3 is 16.0 Å². The molecule has 1 amide bonds. The van der Waals surface area contributed by atoms with Crippen molar-refractivity contribution in [3.05, 3.63) is 82.6 Å². The molecule has 0 radical (unpaired) electrons. The standard InChI is InChI=1S/C22H16ClN5O/c1-12-7-20-15(8-19(12)26-2)17(16-9-27-10-18(24)21(16)23)11-28(20)14-5-3-13(4-6-14)22(25)29/h3-11H,24H2,1H3,(H2,25,29). The maximum Gasteiger partial charge on any atom is 0.248 e. The first-order chi connectivity index (χ1) is 13.9. The Hall–Kier alpha value is -3.82. The van der Waals surface area contributed by atoms with Gasteiger partial charge in [0.15, 0.2) is 5.69 Å². The monoisotopic (exact) mass is 401 g/mol. The Morgan fingerprint density at radius 2 is 1.90 bits per heavy atom. The van der Waals surface area contributed by atoms with Crippen molar-refractivity contribution in [3.63, 3.8) is 0 Å². The number of aryl methyl sites for hydroxylation is 1. The van der Waals surface area contributed by atoms with Crippen molar-refractivity contribution >= 4 is 39.8 Å². The number of nitrogens with zero attached hydrogens (tertiary/aromatic N) is 3. The summed E-state index contributed by atoms with van der Waals surface area (Å²) in [6.45, 7) is 9.36. The smallest absolute Gasteiger partial charge is 0.248 e. The van der Waals surface area contributed by atoms with E-state index in [-0.39, 0.29) is 0 Å². The number of benzene rings is 2. The highest BCUT2D eigenvalue weighted by Gasteiger charge is 2.17. The third-order valence-electron chi connectivity index (χ3n) is 4.87. The highest BCUT2D eigenvalue weighted by Crippen LogP contribution is 2.40. The molecule has 142 valence electrons. The predicted molar refractivity (Wildman–Crippen MR) is 115 cm³/mol. The molecule has 0 fully saturated rings. The lowest BCUT2D eigenvalue weighted by Gasteiger charge is -2.07. The van der Waals surface area contributed by atoms with Crippen LogP contribution in [0.3, 0.4) is 0 Å². The molecule has 2 heterocycles. The first-order valence-corrected chi connectivity index (χ1v) is 9.11. The molecule has 0 aliphatic heterocycles. The number of hydrogen-bond donors (Lipinski definition) is 2. The van der Waals surface area contributed by atoms with E-state index in [0.717, 1.165) is 27.7 Å². The van der Waals surface area contributed by atoms with Crippen molar-refractivity contribution in [1.82, 2.24) is 9.55 Å². The summed E-state index contributed by atoms with van der Waals surface area (Å²) in [7, 11) is 0. The van der Waals surface area contributed by atoms with Crippen LogP contribution in [0.1, 0.15) is 15.9 Å². The molecule has 0 saturated carbocycles.